The van der Waals surface area contributed by atoms with Crippen LogP contribution < -0.4 is 5.32 Å². The Balaban J connectivity index is 1.99. The zero-order valence-electron chi connectivity index (χ0n) is 12.3. The van der Waals surface area contributed by atoms with Crippen molar-refractivity contribution in [3.8, 4) is 0 Å². The maximum Gasteiger partial charge on any atom is 0.328 e. The molecule has 1 aliphatic carbocycles. The standard InChI is InChI=1S/C16H21NO3S/c1-10-4-3-5-13(11(10)2)17-16(20)14-8-6-12(21-14)7-9-15(18)19/h6-11,13H,3-5H2,1-2H3,(H,17,20)(H,18,19). The van der Waals surface area contributed by atoms with Crippen molar-refractivity contribution in [2.24, 2.45) is 11.8 Å². The number of nitrogens with one attached hydrogen (secondary N) is 1. The molecule has 0 aromatic carbocycles. The van der Waals surface area contributed by atoms with Crippen molar-refractivity contribution in [3.05, 3.63) is 28.0 Å². The van der Waals surface area contributed by atoms with Crippen LogP contribution in [0.4, 0.5) is 0 Å². The Labute approximate surface area is 128 Å². The maximum absolute atomic E-state index is 12.3. The molecule has 21 heavy (non-hydrogen) atoms. The average Bonchev–Trinajstić information content (AvgIpc) is 2.90. The summed E-state index contributed by atoms with van der Waals surface area (Å²) in [5.41, 5.74) is 0. The molecule has 1 aliphatic rings. The van der Waals surface area contributed by atoms with E-state index >= 15 is 0 Å². The third kappa shape index (κ3) is 4.17. The second-order valence-electron chi connectivity index (χ2n) is 5.72. The van der Waals surface area contributed by atoms with Crippen LogP contribution in [0.15, 0.2) is 18.2 Å². The molecule has 1 aromatic rings. The van der Waals surface area contributed by atoms with Crippen molar-refractivity contribution in [2.75, 3.05) is 0 Å². The molecule has 0 radical (unpaired) electrons. The molecule has 1 fully saturated rings. The minimum absolute atomic E-state index is 0.0547. The zero-order valence-corrected chi connectivity index (χ0v) is 13.2. The van der Waals surface area contributed by atoms with Gasteiger partial charge >= 0.3 is 5.97 Å². The highest BCUT2D eigenvalue weighted by Crippen LogP contribution is 2.30. The SMILES string of the molecule is CC1CCCC(NC(=O)c2ccc(C=CC(=O)O)s2)C1C. The molecule has 114 valence electrons. The first-order valence-electron chi connectivity index (χ1n) is 7.29. The molecule has 2 rings (SSSR count). The number of aliphatic carboxylic acids is 1. The summed E-state index contributed by atoms with van der Waals surface area (Å²) < 4.78 is 0. The van der Waals surface area contributed by atoms with Gasteiger partial charge < -0.3 is 10.4 Å². The number of hydrogen-bond donors (Lipinski definition) is 2. The van der Waals surface area contributed by atoms with Gasteiger partial charge in [-0.15, -0.1) is 11.3 Å². The molecular weight excluding hydrogens is 286 g/mol. The second kappa shape index (κ2) is 6.89. The highest BCUT2D eigenvalue weighted by atomic mass is 32.1. The van der Waals surface area contributed by atoms with Crippen LogP contribution in [-0.2, 0) is 4.79 Å². The van der Waals surface area contributed by atoms with E-state index in [1.54, 1.807) is 12.1 Å². The Morgan fingerprint density at radius 1 is 1.33 bits per heavy atom. The quantitative estimate of drug-likeness (QED) is 0.838. The molecule has 5 heteroatoms. The first kappa shape index (κ1) is 15.8. The molecule has 0 saturated heterocycles. The predicted molar refractivity (Wildman–Crippen MR) is 84.4 cm³/mol. The lowest BCUT2D eigenvalue weighted by atomic mass is 9.78. The van der Waals surface area contributed by atoms with Crippen molar-refractivity contribution in [1.29, 1.82) is 0 Å². The molecule has 0 bridgehead atoms. The van der Waals surface area contributed by atoms with Crippen molar-refractivity contribution >= 4 is 29.3 Å². The van der Waals surface area contributed by atoms with Gasteiger partial charge in [0, 0.05) is 17.0 Å². The number of carboxylic acids is 1. The van der Waals surface area contributed by atoms with Crippen molar-refractivity contribution in [3.63, 3.8) is 0 Å². The predicted octanol–water partition coefficient (Wildman–Crippen LogP) is 3.40. The topological polar surface area (TPSA) is 66.4 Å². The van der Waals surface area contributed by atoms with Crippen LogP contribution in [0.3, 0.4) is 0 Å². The van der Waals surface area contributed by atoms with E-state index in [-0.39, 0.29) is 11.9 Å². The van der Waals surface area contributed by atoms with Gasteiger partial charge in [0.05, 0.1) is 4.88 Å². The van der Waals surface area contributed by atoms with Gasteiger partial charge in [0.15, 0.2) is 0 Å². The minimum atomic E-state index is -0.987. The average molecular weight is 307 g/mol. The largest absolute Gasteiger partial charge is 0.478 e. The van der Waals surface area contributed by atoms with Crippen LogP contribution in [0, 0.1) is 11.8 Å². The van der Waals surface area contributed by atoms with Crippen LogP contribution in [0.5, 0.6) is 0 Å². The molecule has 1 aromatic heterocycles. The number of amides is 1. The summed E-state index contributed by atoms with van der Waals surface area (Å²) in [6, 6.07) is 3.76. The summed E-state index contributed by atoms with van der Waals surface area (Å²) in [4.78, 5) is 24.2. The number of carboxylic acid groups (broad SMARTS) is 1. The molecule has 2 N–H and O–H groups in total. The third-order valence-corrected chi connectivity index (χ3v) is 5.31. The van der Waals surface area contributed by atoms with Gasteiger partial charge in [-0.05, 0) is 36.5 Å². The minimum Gasteiger partial charge on any atom is -0.478 e. The number of carbonyl (C=O) groups excluding carboxylic acids is 1. The van der Waals surface area contributed by atoms with E-state index in [0.29, 0.717) is 16.7 Å². The van der Waals surface area contributed by atoms with E-state index in [4.69, 9.17) is 5.11 Å². The number of rotatable bonds is 4. The van der Waals surface area contributed by atoms with E-state index < -0.39 is 5.97 Å². The first-order chi connectivity index (χ1) is 9.97. The van der Waals surface area contributed by atoms with Crippen LogP contribution in [0.2, 0.25) is 0 Å². The fourth-order valence-electron chi connectivity index (χ4n) is 2.74. The maximum atomic E-state index is 12.3. The lowest BCUT2D eigenvalue weighted by Crippen LogP contribution is -2.43. The fraction of sp³-hybridized carbons (Fsp3) is 0.500. The van der Waals surface area contributed by atoms with Gasteiger partial charge in [0.2, 0.25) is 0 Å². The number of hydrogen-bond acceptors (Lipinski definition) is 3. The number of thiophene rings is 1. The lowest BCUT2D eigenvalue weighted by molar-refractivity contribution is -0.131. The summed E-state index contributed by atoms with van der Waals surface area (Å²) in [5.74, 6) is 0.0934. The first-order valence-corrected chi connectivity index (χ1v) is 8.10. The monoisotopic (exact) mass is 307 g/mol. The Kier molecular flexibility index (Phi) is 5.17. The Bertz CT molecular complexity index is 549. The summed E-state index contributed by atoms with van der Waals surface area (Å²) in [5, 5.41) is 11.7. The summed E-state index contributed by atoms with van der Waals surface area (Å²) in [6.45, 7) is 4.44. The van der Waals surface area contributed by atoms with Gasteiger partial charge in [-0.25, -0.2) is 4.79 Å². The molecule has 3 unspecified atom stereocenters. The van der Waals surface area contributed by atoms with E-state index in [1.165, 1.54) is 23.8 Å². The second-order valence-corrected chi connectivity index (χ2v) is 6.84. The Morgan fingerprint density at radius 2 is 2.10 bits per heavy atom. The molecule has 0 aliphatic heterocycles. The van der Waals surface area contributed by atoms with Crippen LogP contribution in [0.1, 0.15) is 47.7 Å². The van der Waals surface area contributed by atoms with Gasteiger partial charge in [-0.3, -0.25) is 4.79 Å². The molecule has 1 saturated carbocycles. The van der Waals surface area contributed by atoms with E-state index in [2.05, 4.69) is 19.2 Å². The highest BCUT2D eigenvalue weighted by molar-refractivity contribution is 7.14. The third-order valence-electron chi connectivity index (χ3n) is 4.26. The molecule has 3 atom stereocenters. The Hall–Kier alpha value is -1.62. The lowest BCUT2D eigenvalue weighted by Gasteiger charge is -2.34. The van der Waals surface area contributed by atoms with Crippen LogP contribution in [0.25, 0.3) is 6.08 Å². The fourth-order valence-corrected chi connectivity index (χ4v) is 3.56. The smallest absolute Gasteiger partial charge is 0.328 e. The molecule has 0 spiro atoms. The molecule has 1 heterocycles. The highest BCUT2D eigenvalue weighted by Gasteiger charge is 2.28. The van der Waals surface area contributed by atoms with Gasteiger partial charge in [-0.1, -0.05) is 26.7 Å². The molecule has 4 nitrogen and oxygen atoms in total. The summed E-state index contributed by atoms with van der Waals surface area (Å²) >= 11 is 1.31. The number of carbonyl (C=O) groups is 2. The molecular formula is C16H21NO3S. The Morgan fingerprint density at radius 3 is 2.81 bits per heavy atom. The van der Waals surface area contributed by atoms with E-state index in [9.17, 15) is 9.59 Å². The van der Waals surface area contributed by atoms with Gasteiger partial charge in [-0.2, -0.15) is 0 Å². The van der Waals surface area contributed by atoms with Crippen molar-refractivity contribution in [1.82, 2.24) is 5.32 Å². The van der Waals surface area contributed by atoms with Crippen molar-refractivity contribution in [2.45, 2.75) is 39.2 Å². The van der Waals surface area contributed by atoms with Crippen LogP contribution >= 0.6 is 11.3 Å². The van der Waals surface area contributed by atoms with Gasteiger partial charge in [0.25, 0.3) is 5.91 Å². The summed E-state index contributed by atoms with van der Waals surface area (Å²) in [6.07, 6.45) is 6.02. The normalized spacial score (nSPS) is 25.9. The van der Waals surface area contributed by atoms with Crippen LogP contribution in [-0.4, -0.2) is 23.0 Å². The summed E-state index contributed by atoms with van der Waals surface area (Å²) in [7, 11) is 0. The van der Waals surface area contributed by atoms with E-state index in [0.717, 1.165) is 23.8 Å². The zero-order chi connectivity index (χ0) is 15.4. The van der Waals surface area contributed by atoms with Gasteiger partial charge in [0.1, 0.15) is 0 Å². The van der Waals surface area contributed by atoms with Crippen molar-refractivity contribution < 1.29 is 14.7 Å². The van der Waals surface area contributed by atoms with E-state index in [1.807, 2.05) is 0 Å². The molecule has 1 amide bonds.